The number of furan rings is 1. The summed E-state index contributed by atoms with van der Waals surface area (Å²) in [7, 11) is 0. The third-order valence-electron chi connectivity index (χ3n) is 3.00. The molecule has 1 aromatic carbocycles. The van der Waals surface area contributed by atoms with Crippen LogP contribution in [0.5, 0.6) is 5.75 Å². The summed E-state index contributed by atoms with van der Waals surface area (Å²) in [5, 5.41) is 2.90. The lowest BCUT2D eigenvalue weighted by Gasteiger charge is -2.14. The van der Waals surface area contributed by atoms with E-state index in [4.69, 9.17) is 9.15 Å². The zero-order valence-corrected chi connectivity index (χ0v) is 12.0. The van der Waals surface area contributed by atoms with Crippen LogP contribution in [-0.4, -0.2) is 12.5 Å². The Morgan fingerprint density at radius 3 is 2.50 bits per heavy atom. The molecule has 0 aliphatic heterocycles. The highest BCUT2D eigenvalue weighted by molar-refractivity contribution is 5.91. The molecule has 0 aliphatic carbocycles. The number of hydrogen-bond acceptors (Lipinski definition) is 3. The monoisotopic (exact) mass is 273 g/mol. The number of carbonyl (C=O) groups excluding carboxylic acids is 1. The normalized spacial score (nSPS) is 11.9. The molecule has 0 saturated carbocycles. The number of nitrogens with one attached hydrogen (secondary N) is 1. The molecule has 0 saturated heterocycles. The van der Waals surface area contributed by atoms with Crippen LogP contribution in [0.1, 0.15) is 41.8 Å². The molecule has 1 aromatic heterocycles. The van der Waals surface area contributed by atoms with E-state index >= 15 is 0 Å². The second-order valence-corrected chi connectivity index (χ2v) is 4.61. The predicted octanol–water partition coefficient (Wildman–Crippen LogP) is 3.48. The summed E-state index contributed by atoms with van der Waals surface area (Å²) in [6, 6.07) is 11.1. The second-order valence-electron chi connectivity index (χ2n) is 4.61. The molecule has 20 heavy (non-hydrogen) atoms. The van der Waals surface area contributed by atoms with Gasteiger partial charge in [-0.1, -0.05) is 12.1 Å². The first-order valence-electron chi connectivity index (χ1n) is 6.70. The molecule has 0 bridgehead atoms. The van der Waals surface area contributed by atoms with Gasteiger partial charge in [0.15, 0.2) is 5.76 Å². The number of hydrogen-bond donors (Lipinski definition) is 1. The minimum Gasteiger partial charge on any atom is -0.494 e. The molecule has 106 valence electrons. The fourth-order valence-corrected chi connectivity index (χ4v) is 1.93. The molecule has 0 radical (unpaired) electrons. The summed E-state index contributed by atoms with van der Waals surface area (Å²) in [6.45, 7) is 6.33. The van der Waals surface area contributed by atoms with Gasteiger partial charge in [-0.3, -0.25) is 4.79 Å². The Morgan fingerprint density at radius 1 is 1.25 bits per heavy atom. The van der Waals surface area contributed by atoms with Crippen molar-refractivity contribution in [1.29, 1.82) is 0 Å². The van der Waals surface area contributed by atoms with E-state index in [2.05, 4.69) is 5.32 Å². The number of aryl methyl sites for hydroxylation is 1. The van der Waals surface area contributed by atoms with Crippen molar-refractivity contribution in [1.82, 2.24) is 5.32 Å². The topological polar surface area (TPSA) is 51.5 Å². The van der Waals surface area contributed by atoms with Crippen LogP contribution >= 0.6 is 0 Å². The van der Waals surface area contributed by atoms with Crippen LogP contribution in [0.2, 0.25) is 0 Å². The fraction of sp³-hybridized carbons (Fsp3) is 0.312. The predicted molar refractivity (Wildman–Crippen MR) is 76.9 cm³/mol. The minimum atomic E-state index is -0.209. The highest BCUT2D eigenvalue weighted by atomic mass is 16.5. The van der Waals surface area contributed by atoms with Gasteiger partial charge in [0.2, 0.25) is 0 Å². The van der Waals surface area contributed by atoms with Crippen molar-refractivity contribution in [3.63, 3.8) is 0 Å². The van der Waals surface area contributed by atoms with Crippen molar-refractivity contribution < 1.29 is 13.9 Å². The van der Waals surface area contributed by atoms with Crippen LogP contribution in [0.15, 0.2) is 40.8 Å². The van der Waals surface area contributed by atoms with Gasteiger partial charge in [-0.05, 0) is 50.6 Å². The third-order valence-corrected chi connectivity index (χ3v) is 3.00. The largest absolute Gasteiger partial charge is 0.494 e. The summed E-state index contributed by atoms with van der Waals surface area (Å²) in [4.78, 5) is 12.0. The fourth-order valence-electron chi connectivity index (χ4n) is 1.93. The van der Waals surface area contributed by atoms with E-state index < -0.39 is 0 Å². The Balaban J connectivity index is 2.00. The Morgan fingerprint density at radius 2 is 1.95 bits per heavy atom. The summed E-state index contributed by atoms with van der Waals surface area (Å²) in [5.74, 6) is 1.68. The number of carbonyl (C=O) groups is 1. The second kappa shape index (κ2) is 6.28. The van der Waals surface area contributed by atoms with E-state index in [1.165, 1.54) is 0 Å². The molecule has 1 N–H and O–H groups in total. The maximum absolute atomic E-state index is 12.0. The number of ether oxygens (including phenoxy) is 1. The van der Waals surface area contributed by atoms with Crippen molar-refractivity contribution in [3.8, 4) is 5.75 Å². The maximum atomic E-state index is 12.0. The van der Waals surface area contributed by atoms with Gasteiger partial charge >= 0.3 is 0 Å². The summed E-state index contributed by atoms with van der Waals surface area (Å²) < 4.78 is 10.7. The van der Waals surface area contributed by atoms with Gasteiger partial charge in [0.1, 0.15) is 11.5 Å². The van der Waals surface area contributed by atoms with E-state index in [1.54, 1.807) is 12.1 Å². The highest BCUT2D eigenvalue weighted by Crippen LogP contribution is 2.18. The van der Waals surface area contributed by atoms with Gasteiger partial charge in [-0.15, -0.1) is 0 Å². The quantitative estimate of drug-likeness (QED) is 0.907. The van der Waals surface area contributed by atoms with E-state index in [9.17, 15) is 4.79 Å². The van der Waals surface area contributed by atoms with E-state index in [0.29, 0.717) is 12.4 Å². The average Bonchev–Trinajstić information content (AvgIpc) is 2.86. The van der Waals surface area contributed by atoms with Crippen molar-refractivity contribution in [2.24, 2.45) is 0 Å². The summed E-state index contributed by atoms with van der Waals surface area (Å²) in [6.07, 6.45) is 0. The number of rotatable bonds is 5. The lowest BCUT2D eigenvalue weighted by atomic mass is 10.1. The minimum absolute atomic E-state index is 0.0939. The van der Waals surface area contributed by atoms with Crippen LogP contribution in [0.4, 0.5) is 0 Å². The first kappa shape index (κ1) is 14.2. The number of amides is 1. The van der Waals surface area contributed by atoms with E-state index in [1.807, 2.05) is 45.0 Å². The molecule has 0 unspecified atom stereocenters. The SMILES string of the molecule is CCOc1ccc([C@H](C)NC(=O)c2ccc(C)o2)cc1. The zero-order chi connectivity index (χ0) is 14.5. The van der Waals surface area contributed by atoms with Crippen LogP contribution in [0.25, 0.3) is 0 Å². The molecule has 2 rings (SSSR count). The zero-order valence-electron chi connectivity index (χ0n) is 12.0. The van der Waals surface area contributed by atoms with Crippen LogP contribution in [0.3, 0.4) is 0 Å². The smallest absolute Gasteiger partial charge is 0.287 e. The highest BCUT2D eigenvalue weighted by Gasteiger charge is 2.14. The maximum Gasteiger partial charge on any atom is 0.287 e. The van der Waals surface area contributed by atoms with Gasteiger partial charge in [0, 0.05) is 0 Å². The van der Waals surface area contributed by atoms with Crippen molar-refractivity contribution in [2.75, 3.05) is 6.61 Å². The first-order valence-corrected chi connectivity index (χ1v) is 6.70. The molecule has 0 fully saturated rings. The van der Waals surface area contributed by atoms with Gasteiger partial charge in [-0.2, -0.15) is 0 Å². The van der Waals surface area contributed by atoms with Crippen molar-refractivity contribution in [3.05, 3.63) is 53.5 Å². The molecule has 1 heterocycles. The molecular weight excluding hydrogens is 254 g/mol. The number of benzene rings is 1. The standard InChI is InChI=1S/C16H19NO3/c1-4-19-14-8-6-13(7-9-14)12(3)17-16(18)15-10-5-11(2)20-15/h5-10,12H,4H2,1-3H3,(H,17,18)/t12-/m0/s1. The first-order chi connectivity index (χ1) is 9.60. The molecule has 4 heteroatoms. The average molecular weight is 273 g/mol. The van der Waals surface area contributed by atoms with Crippen molar-refractivity contribution >= 4 is 5.91 Å². The van der Waals surface area contributed by atoms with Gasteiger partial charge in [-0.25, -0.2) is 0 Å². The summed E-state index contributed by atoms with van der Waals surface area (Å²) >= 11 is 0. The lowest BCUT2D eigenvalue weighted by molar-refractivity contribution is 0.0910. The van der Waals surface area contributed by atoms with Crippen LogP contribution in [0, 0.1) is 6.92 Å². The van der Waals surface area contributed by atoms with Crippen molar-refractivity contribution in [2.45, 2.75) is 26.8 Å². The molecule has 1 amide bonds. The van der Waals surface area contributed by atoms with E-state index in [0.717, 1.165) is 17.1 Å². The lowest BCUT2D eigenvalue weighted by Crippen LogP contribution is -2.26. The Bertz CT molecular complexity index is 572. The third kappa shape index (κ3) is 3.41. The molecule has 4 nitrogen and oxygen atoms in total. The van der Waals surface area contributed by atoms with Crippen LogP contribution in [-0.2, 0) is 0 Å². The Labute approximate surface area is 118 Å². The van der Waals surface area contributed by atoms with E-state index in [-0.39, 0.29) is 11.9 Å². The van der Waals surface area contributed by atoms with Gasteiger partial charge in [0.25, 0.3) is 5.91 Å². The van der Waals surface area contributed by atoms with Gasteiger partial charge in [0.05, 0.1) is 12.6 Å². The molecule has 1 atom stereocenters. The summed E-state index contributed by atoms with van der Waals surface area (Å²) in [5.41, 5.74) is 1.02. The van der Waals surface area contributed by atoms with Crippen LogP contribution < -0.4 is 10.1 Å². The molecule has 0 aliphatic rings. The van der Waals surface area contributed by atoms with Gasteiger partial charge < -0.3 is 14.5 Å². The Kier molecular flexibility index (Phi) is 4.45. The Hall–Kier alpha value is -2.23. The molecule has 0 spiro atoms. The molecule has 2 aromatic rings. The molecular formula is C16H19NO3.